The van der Waals surface area contributed by atoms with E-state index in [0.29, 0.717) is 34.9 Å². The summed E-state index contributed by atoms with van der Waals surface area (Å²) in [7, 11) is 4.99. The number of ether oxygens (including phenoxy) is 1. The van der Waals surface area contributed by atoms with Gasteiger partial charge >= 0.3 is 5.97 Å². The van der Waals surface area contributed by atoms with Crippen LogP contribution in [0.1, 0.15) is 44.9 Å². The molecule has 2 aromatic heterocycles. The maximum atomic E-state index is 13.0. The molecule has 0 aliphatic carbocycles. The van der Waals surface area contributed by atoms with Crippen molar-refractivity contribution in [2.45, 2.75) is 26.8 Å². The normalized spacial score (nSPS) is 18.3. The van der Waals surface area contributed by atoms with Gasteiger partial charge in [-0.05, 0) is 52.6 Å². The molecule has 1 atom stereocenters. The van der Waals surface area contributed by atoms with E-state index in [4.69, 9.17) is 9.15 Å². The van der Waals surface area contributed by atoms with Gasteiger partial charge in [-0.15, -0.1) is 0 Å². The number of aliphatic hydroxyl groups is 1. The van der Waals surface area contributed by atoms with Crippen LogP contribution in [0.2, 0.25) is 0 Å². The predicted octanol–water partition coefficient (Wildman–Crippen LogP) is 2.30. The molecule has 1 fully saturated rings. The lowest BCUT2D eigenvalue weighted by Crippen LogP contribution is -2.35. The second-order valence-corrected chi connectivity index (χ2v) is 7.86. The lowest BCUT2D eigenvalue weighted by molar-refractivity contribution is -0.140. The Morgan fingerprint density at radius 3 is 2.48 bits per heavy atom. The lowest BCUT2D eigenvalue weighted by Gasteiger charge is -2.24. The van der Waals surface area contributed by atoms with Crippen LogP contribution in [0.3, 0.4) is 0 Å². The third-order valence-electron chi connectivity index (χ3n) is 5.42. The number of nitrogens with one attached hydrogen (secondary N) is 1. The smallest absolute Gasteiger partial charge is 0.354 e. The highest BCUT2D eigenvalue weighted by atomic mass is 16.5. The molecule has 1 amide bonds. The van der Waals surface area contributed by atoms with Crippen molar-refractivity contribution in [1.82, 2.24) is 14.8 Å². The molecule has 31 heavy (non-hydrogen) atoms. The minimum absolute atomic E-state index is 0.0697. The molecule has 9 heteroatoms. The fourth-order valence-corrected chi connectivity index (χ4v) is 3.86. The van der Waals surface area contributed by atoms with Crippen molar-refractivity contribution < 1.29 is 28.6 Å². The third-order valence-corrected chi connectivity index (χ3v) is 5.42. The van der Waals surface area contributed by atoms with Gasteiger partial charge < -0.3 is 29.0 Å². The number of Topliss-reactive ketones (excluding diaryl/α,β-unsaturated/α-hetero) is 1. The Hall–Kier alpha value is -3.33. The van der Waals surface area contributed by atoms with E-state index < -0.39 is 23.7 Å². The van der Waals surface area contributed by atoms with Crippen molar-refractivity contribution in [3.8, 4) is 0 Å². The molecule has 166 valence electrons. The van der Waals surface area contributed by atoms with Gasteiger partial charge in [-0.1, -0.05) is 0 Å². The van der Waals surface area contributed by atoms with Crippen LogP contribution in [-0.2, 0) is 14.3 Å². The molecule has 0 saturated carbocycles. The number of aliphatic hydroxyl groups excluding tert-OH is 1. The summed E-state index contributed by atoms with van der Waals surface area (Å²) >= 11 is 0. The fourth-order valence-electron chi connectivity index (χ4n) is 3.86. The van der Waals surface area contributed by atoms with E-state index in [0.717, 1.165) is 0 Å². The number of methoxy groups -OCH3 is 1. The average Bonchev–Trinajstić information content (AvgIpc) is 3.34. The Balaban J connectivity index is 2.20. The van der Waals surface area contributed by atoms with E-state index in [1.165, 1.54) is 12.0 Å². The second-order valence-electron chi connectivity index (χ2n) is 7.86. The van der Waals surface area contributed by atoms with E-state index in [1.54, 1.807) is 32.9 Å². The van der Waals surface area contributed by atoms with Gasteiger partial charge in [0.25, 0.3) is 11.7 Å². The van der Waals surface area contributed by atoms with Crippen molar-refractivity contribution in [3.63, 3.8) is 0 Å². The fraction of sp³-hybridized carbons (Fsp3) is 0.409. The molecule has 3 rings (SSSR count). The van der Waals surface area contributed by atoms with Crippen LogP contribution in [0.15, 0.2) is 22.1 Å². The van der Waals surface area contributed by atoms with Crippen LogP contribution in [0, 0.1) is 20.8 Å². The number of ketones is 1. The van der Waals surface area contributed by atoms with Gasteiger partial charge in [0.2, 0.25) is 0 Å². The highest BCUT2D eigenvalue weighted by Gasteiger charge is 2.47. The molecular weight excluding hydrogens is 402 g/mol. The van der Waals surface area contributed by atoms with Crippen LogP contribution in [-0.4, -0.2) is 71.8 Å². The number of carbonyl (C=O) groups excluding carboxylic acids is 3. The molecule has 2 N–H and O–H groups in total. The topological polar surface area (TPSA) is 116 Å². The first kappa shape index (κ1) is 22.4. The van der Waals surface area contributed by atoms with Crippen LogP contribution < -0.4 is 0 Å². The summed E-state index contributed by atoms with van der Waals surface area (Å²) in [6, 6.07) is 2.56. The van der Waals surface area contributed by atoms with E-state index in [-0.39, 0.29) is 23.6 Å². The zero-order valence-corrected chi connectivity index (χ0v) is 18.5. The molecule has 0 unspecified atom stereocenters. The zero-order valence-electron chi connectivity index (χ0n) is 18.5. The molecule has 1 aliphatic heterocycles. The van der Waals surface area contributed by atoms with E-state index >= 15 is 0 Å². The minimum Gasteiger partial charge on any atom is -0.507 e. The number of amides is 1. The van der Waals surface area contributed by atoms with Crippen molar-refractivity contribution in [1.29, 1.82) is 0 Å². The summed E-state index contributed by atoms with van der Waals surface area (Å²) in [5, 5.41) is 11.2. The lowest BCUT2D eigenvalue weighted by atomic mass is 9.97. The van der Waals surface area contributed by atoms with E-state index in [1.807, 2.05) is 19.0 Å². The average molecular weight is 429 g/mol. The number of esters is 1. The number of likely N-dealkylation sites (tertiary alicyclic amines) is 1. The Morgan fingerprint density at radius 1 is 1.26 bits per heavy atom. The number of likely N-dealkylation sites (N-methyl/N-ethyl adjacent to an activating group) is 1. The van der Waals surface area contributed by atoms with Crippen LogP contribution >= 0.6 is 0 Å². The number of carbonyl (C=O) groups is 3. The molecule has 1 aliphatic rings. The molecule has 2 aromatic rings. The maximum absolute atomic E-state index is 13.0. The van der Waals surface area contributed by atoms with Crippen LogP contribution in [0.25, 0.3) is 5.76 Å². The van der Waals surface area contributed by atoms with Gasteiger partial charge in [-0.3, -0.25) is 9.59 Å². The molecule has 0 radical (unpaired) electrons. The van der Waals surface area contributed by atoms with Crippen LogP contribution in [0.5, 0.6) is 0 Å². The number of aromatic nitrogens is 1. The molecule has 3 heterocycles. The Bertz CT molecular complexity index is 1080. The first-order valence-electron chi connectivity index (χ1n) is 9.85. The number of nitrogens with zero attached hydrogens (tertiary/aromatic N) is 2. The van der Waals surface area contributed by atoms with Crippen molar-refractivity contribution in [3.05, 3.63) is 51.7 Å². The molecular formula is C22H27N3O6. The summed E-state index contributed by atoms with van der Waals surface area (Å²) in [5.74, 6) is -1.45. The van der Waals surface area contributed by atoms with Crippen molar-refractivity contribution >= 4 is 23.4 Å². The first-order valence-corrected chi connectivity index (χ1v) is 9.85. The third kappa shape index (κ3) is 3.88. The first-order chi connectivity index (χ1) is 14.6. The number of hydrogen-bond donors (Lipinski definition) is 2. The number of rotatable bonds is 6. The molecule has 0 aromatic carbocycles. The largest absolute Gasteiger partial charge is 0.507 e. The summed E-state index contributed by atoms with van der Waals surface area (Å²) < 4.78 is 10.5. The van der Waals surface area contributed by atoms with Crippen molar-refractivity contribution in [2.75, 3.05) is 34.3 Å². The number of H-pyrrole nitrogens is 1. The number of aromatic amines is 1. The second kappa shape index (κ2) is 8.43. The highest BCUT2D eigenvalue weighted by Crippen LogP contribution is 2.41. The van der Waals surface area contributed by atoms with Gasteiger partial charge in [0, 0.05) is 24.3 Å². The number of aryl methyl sites for hydroxylation is 2. The van der Waals surface area contributed by atoms with Crippen LogP contribution in [0.4, 0.5) is 0 Å². The maximum Gasteiger partial charge on any atom is 0.354 e. The van der Waals surface area contributed by atoms with Gasteiger partial charge in [0.15, 0.2) is 0 Å². The van der Waals surface area contributed by atoms with Gasteiger partial charge in [0.05, 0.1) is 12.7 Å². The Labute approximate surface area is 180 Å². The zero-order chi connectivity index (χ0) is 23.0. The standard InChI is InChI=1S/C22H27N3O6/c1-11-7-8-14(31-11)18-16(20(27)21(28)25(18)10-9-24(4)5)19(26)15-12(2)17(22(29)30-6)23-13(15)3/h7-8,18,23,26H,9-10H2,1-6H3/b19-16-/t18-/m0/s1. The minimum atomic E-state index is -0.871. The molecule has 9 nitrogen and oxygen atoms in total. The van der Waals surface area contributed by atoms with E-state index in [2.05, 4.69) is 4.98 Å². The Kier molecular flexibility index (Phi) is 6.08. The van der Waals surface area contributed by atoms with E-state index in [9.17, 15) is 19.5 Å². The SMILES string of the molecule is COC(=O)c1[nH]c(C)c(/C(O)=C2/C(=O)C(=O)N(CCN(C)C)[C@H]2c2ccc(C)o2)c1C. The molecule has 0 bridgehead atoms. The molecule has 0 spiro atoms. The number of furan rings is 1. The summed E-state index contributed by atoms with van der Waals surface area (Å²) in [4.78, 5) is 44.1. The highest BCUT2D eigenvalue weighted by molar-refractivity contribution is 6.46. The quantitative estimate of drug-likeness (QED) is 0.313. The number of hydrogen-bond acceptors (Lipinski definition) is 7. The predicted molar refractivity (Wildman–Crippen MR) is 113 cm³/mol. The van der Waals surface area contributed by atoms with Gasteiger partial charge in [-0.2, -0.15) is 0 Å². The summed E-state index contributed by atoms with van der Waals surface area (Å²) in [6.45, 7) is 5.87. The monoisotopic (exact) mass is 429 g/mol. The van der Waals surface area contributed by atoms with Gasteiger partial charge in [-0.25, -0.2) is 4.79 Å². The summed E-state index contributed by atoms with van der Waals surface area (Å²) in [5.41, 5.74) is 1.30. The summed E-state index contributed by atoms with van der Waals surface area (Å²) in [6.07, 6.45) is 0. The van der Waals surface area contributed by atoms with Gasteiger partial charge in [0.1, 0.15) is 29.0 Å². The Morgan fingerprint density at radius 2 is 1.94 bits per heavy atom. The molecule has 1 saturated heterocycles. The van der Waals surface area contributed by atoms with Crippen molar-refractivity contribution in [2.24, 2.45) is 0 Å².